The Balaban J connectivity index is 1.66. The maximum Gasteiger partial charge on any atom is 0.178 e. The molecule has 4 atom stereocenters. The standard InChI is InChI=1S/C24H24O3/c1-14-6-2-3-7-15(14)21(25)24-19-9-5-4-8-16(19)20(17-10-12-26-22(17)24)18-11-13-27-23(18)24/h2-9,17-18,20,22-23H,10-13H2,1H3. The zero-order valence-corrected chi connectivity index (χ0v) is 15.6. The first-order chi connectivity index (χ1) is 13.2. The number of rotatable bonds is 2. The zero-order valence-electron chi connectivity index (χ0n) is 15.6. The molecule has 27 heavy (non-hydrogen) atoms. The normalized spacial score (nSPS) is 38.3. The van der Waals surface area contributed by atoms with Gasteiger partial charge in [-0.25, -0.2) is 0 Å². The Morgan fingerprint density at radius 2 is 1.56 bits per heavy atom. The molecule has 1 saturated carbocycles. The lowest BCUT2D eigenvalue weighted by molar-refractivity contribution is -0.0974. The minimum absolute atomic E-state index is 0.0659. The smallest absolute Gasteiger partial charge is 0.178 e. The second-order valence-corrected chi connectivity index (χ2v) is 8.61. The molecule has 0 aromatic heterocycles. The lowest BCUT2D eigenvalue weighted by Gasteiger charge is -2.58. The quantitative estimate of drug-likeness (QED) is 0.759. The van der Waals surface area contributed by atoms with E-state index < -0.39 is 5.41 Å². The van der Waals surface area contributed by atoms with Crippen LogP contribution in [0.5, 0.6) is 0 Å². The largest absolute Gasteiger partial charge is 0.376 e. The van der Waals surface area contributed by atoms with E-state index in [0.29, 0.717) is 17.8 Å². The van der Waals surface area contributed by atoms with Crippen LogP contribution in [0.15, 0.2) is 48.5 Å². The molecule has 0 radical (unpaired) electrons. The summed E-state index contributed by atoms with van der Waals surface area (Å²) in [5.74, 6) is 1.51. The van der Waals surface area contributed by atoms with Gasteiger partial charge in [0, 0.05) is 18.8 Å². The third-order valence-electron chi connectivity index (χ3n) is 7.63. The van der Waals surface area contributed by atoms with E-state index in [4.69, 9.17) is 9.47 Å². The number of Topliss-reactive ketones (excluding diaryl/α,β-unsaturated/α-hetero) is 1. The summed E-state index contributed by atoms with van der Waals surface area (Å²) in [5, 5.41) is 0. The van der Waals surface area contributed by atoms with Gasteiger partial charge in [0.25, 0.3) is 0 Å². The highest BCUT2D eigenvalue weighted by atomic mass is 16.5. The van der Waals surface area contributed by atoms with Crippen molar-refractivity contribution in [1.82, 2.24) is 0 Å². The molecular formula is C24H24O3. The lowest BCUT2D eigenvalue weighted by atomic mass is 9.45. The molecule has 2 saturated heterocycles. The van der Waals surface area contributed by atoms with E-state index >= 15 is 0 Å². The van der Waals surface area contributed by atoms with Gasteiger partial charge >= 0.3 is 0 Å². The van der Waals surface area contributed by atoms with E-state index in [1.54, 1.807) is 0 Å². The number of ketones is 1. The molecule has 0 spiro atoms. The van der Waals surface area contributed by atoms with Gasteiger partial charge in [0.1, 0.15) is 5.41 Å². The number of carbonyl (C=O) groups is 1. The SMILES string of the molecule is Cc1ccccc1C(=O)C12c3ccccc3C(C3CCOC31)C1CCOC12. The Hall–Kier alpha value is -1.97. The Morgan fingerprint density at radius 3 is 2.26 bits per heavy atom. The molecule has 3 nitrogen and oxygen atoms in total. The number of hydrogen-bond donors (Lipinski definition) is 0. The highest BCUT2D eigenvalue weighted by Crippen LogP contribution is 2.65. The Morgan fingerprint density at radius 1 is 0.926 bits per heavy atom. The first-order valence-corrected chi connectivity index (χ1v) is 10.2. The molecule has 2 heterocycles. The molecule has 7 rings (SSSR count). The van der Waals surface area contributed by atoms with Crippen LogP contribution in [0, 0.1) is 18.8 Å². The van der Waals surface area contributed by atoms with E-state index in [9.17, 15) is 4.79 Å². The van der Waals surface area contributed by atoms with Crippen LogP contribution in [0.1, 0.15) is 45.8 Å². The Kier molecular flexibility index (Phi) is 3.28. The molecule has 3 heteroatoms. The number of carbonyl (C=O) groups excluding carboxylic acids is 1. The molecule has 5 aliphatic rings. The molecule has 3 fully saturated rings. The predicted molar refractivity (Wildman–Crippen MR) is 102 cm³/mol. The lowest BCUT2D eigenvalue weighted by Crippen LogP contribution is -2.67. The summed E-state index contributed by atoms with van der Waals surface area (Å²) in [5.41, 5.74) is 3.68. The second kappa shape index (κ2) is 5.52. The fourth-order valence-electron chi connectivity index (χ4n) is 6.73. The highest BCUT2D eigenvalue weighted by Gasteiger charge is 2.71. The summed E-state index contributed by atoms with van der Waals surface area (Å²) < 4.78 is 12.7. The predicted octanol–water partition coefficient (Wildman–Crippen LogP) is 4.04. The van der Waals surface area contributed by atoms with Gasteiger partial charge in [-0.2, -0.15) is 0 Å². The summed E-state index contributed by atoms with van der Waals surface area (Å²) in [6.45, 7) is 3.54. The van der Waals surface area contributed by atoms with E-state index in [-0.39, 0.29) is 18.0 Å². The van der Waals surface area contributed by atoms with Crippen LogP contribution in [-0.4, -0.2) is 31.2 Å². The molecule has 0 N–H and O–H groups in total. The maximum atomic E-state index is 14.3. The first kappa shape index (κ1) is 16.0. The summed E-state index contributed by atoms with van der Waals surface area (Å²) >= 11 is 0. The molecule has 2 aromatic carbocycles. The first-order valence-electron chi connectivity index (χ1n) is 10.2. The third kappa shape index (κ3) is 1.82. The topological polar surface area (TPSA) is 35.5 Å². The van der Waals surface area contributed by atoms with Gasteiger partial charge in [-0.05, 0) is 54.2 Å². The summed E-state index contributed by atoms with van der Waals surface area (Å²) in [6.07, 6.45) is 1.97. The number of ether oxygens (including phenoxy) is 2. The van der Waals surface area contributed by atoms with Gasteiger partial charge in [0.2, 0.25) is 0 Å². The van der Waals surface area contributed by atoms with Crippen molar-refractivity contribution in [2.24, 2.45) is 11.8 Å². The van der Waals surface area contributed by atoms with Crippen molar-refractivity contribution in [1.29, 1.82) is 0 Å². The van der Waals surface area contributed by atoms with Crippen LogP contribution >= 0.6 is 0 Å². The van der Waals surface area contributed by atoms with Crippen molar-refractivity contribution in [2.75, 3.05) is 13.2 Å². The van der Waals surface area contributed by atoms with Gasteiger partial charge in [0.15, 0.2) is 5.78 Å². The van der Waals surface area contributed by atoms with Crippen molar-refractivity contribution < 1.29 is 14.3 Å². The van der Waals surface area contributed by atoms with Crippen LogP contribution in [0.4, 0.5) is 0 Å². The summed E-state index contributed by atoms with van der Waals surface area (Å²) in [7, 11) is 0. The number of aryl methyl sites for hydroxylation is 1. The number of hydrogen-bond acceptors (Lipinski definition) is 3. The number of benzene rings is 2. The van der Waals surface area contributed by atoms with E-state index in [0.717, 1.165) is 42.7 Å². The zero-order chi connectivity index (χ0) is 18.2. The van der Waals surface area contributed by atoms with Crippen LogP contribution in [-0.2, 0) is 14.9 Å². The van der Waals surface area contributed by atoms with Crippen LogP contribution < -0.4 is 0 Å². The van der Waals surface area contributed by atoms with Gasteiger partial charge < -0.3 is 9.47 Å². The Bertz CT molecular complexity index is 911. The van der Waals surface area contributed by atoms with Gasteiger partial charge in [-0.1, -0.05) is 48.5 Å². The van der Waals surface area contributed by atoms with Crippen molar-refractivity contribution in [3.05, 3.63) is 70.8 Å². The van der Waals surface area contributed by atoms with Crippen molar-refractivity contribution in [3.8, 4) is 0 Å². The van der Waals surface area contributed by atoms with Crippen LogP contribution in [0.2, 0.25) is 0 Å². The molecular weight excluding hydrogens is 336 g/mol. The van der Waals surface area contributed by atoms with Crippen LogP contribution in [0.25, 0.3) is 0 Å². The fraction of sp³-hybridized carbons (Fsp3) is 0.458. The van der Waals surface area contributed by atoms with Crippen molar-refractivity contribution in [3.63, 3.8) is 0 Å². The highest BCUT2D eigenvalue weighted by molar-refractivity contribution is 6.07. The van der Waals surface area contributed by atoms with Crippen molar-refractivity contribution in [2.45, 2.75) is 43.3 Å². The van der Waals surface area contributed by atoms with Gasteiger partial charge in [-0.3, -0.25) is 4.79 Å². The average Bonchev–Trinajstić information content (AvgIpc) is 3.38. The fourth-order valence-corrected chi connectivity index (χ4v) is 6.73. The third-order valence-corrected chi connectivity index (χ3v) is 7.63. The minimum atomic E-state index is -0.709. The summed E-state index contributed by atoms with van der Waals surface area (Å²) in [6, 6.07) is 16.6. The van der Waals surface area contributed by atoms with E-state index in [1.165, 1.54) is 5.56 Å². The van der Waals surface area contributed by atoms with E-state index in [1.807, 2.05) is 31.2 Å². The minimum Gasteiger partial charge on any atom is -0.376 e. The van der Waals surface area contributed by atoms with Gasteiger partial charge in [-0.15, -0.1) is 0 Å². The van der Waals surface area contributed by atoms with Gasteiger partial charge in [0.05, 0.1) is 12.2 Å². The molecule has 138 valence electrons. The van der Waals surface area contributed by atoms with Crippen LogP contribution in [0.3, 0.4) is 0 Å². The monoisotopic (exact) mass is 360 g/mol. The molecule has 2 aromatic rings. The molecule has 3 aliphatic carbocycles. The summed E-state index contributed by atoms with van der Waals surface area (Å²) in [4.78, 5) is 14.3. The molecule has 4 unspecified atom stereocenters. The van der Waals surface area contributed by atoms with Crippen molar-refractivity contribution >= 4 is 5.78 Å². The average molecular weight is 360 g/mol. The molecule has 0 amide bonds. The molecule has 2 bridgehead atoms. The van der Waals surface area contributed by atoms with E-state index in [2.05, 4.69) is 24.3 Å². The Labute approximate surface area is 159 Å². The second-order valence-electron chi connectivity index (χ2n) is 8.61. The maximum absolute atomic E-state index is 14.3. The molecule has 2 aliphatic heterocycles.